The highest BCUT2D eigenvalue weighted by molar-refractivity contribution is 5.72. The van der Waals surface area contributed by atoms with Crippen molar-refractivity contribution in [2.45, 2.75) is 39.8 Å². The quantitative estimate of drug-likeness (QED) is 0.917. The van der Waals surface area contributed by atoms with E-state index in [2.05, 4.69) is 23.8 Å². The second-order valence-corrected chi connectivity index (χ2v) is 6.62. The van der Waals surface area contributed by atoms with Crippen LogP contribution >= 0.6 is 0 Å². The zero-order valence-electron chi connectivity index (χ0n) is 14.6. The summed E-state index contributed by atoms with van der Waals surface area (Å²) < 4.78 is 2.02. The van der Waals surface area contributed by atoms with Crippen molar-refractivity contribution in [2.24, 2.45) is 5.92 Å². The van der Waals surface area contributed by atoms with Gasteiger partial charge in [-0.2, -0.15) is 5.10 Å². The molecule has 0 amide bonds. The molecule has 0 saturated carbocycles. The van der Waals surface area contributed by atoms with Crippen molar-refractivity contribution in [3.63, 3.8) is 0 Å². The first-order valence-electron chi connectivity index (χ1n) is 8.54. The molecule has 2 atom stereocenters. The van der Waals surface area contributed by atoms with E-state index in [1.165, 1.54) is 11.3 Å². The Bertz CT molecular complexity index is 724. The Morgan fingerprint density at radius 3 is 2.54 bits per heavy atom. The lowest BCUT2D eigenvalue weighted by molar-refractivity contribution is -0.141. The van der Waals surface area contributed by atoms with Crippen LogP contribution in [0.1, 0.15) is 35.4 Å². The summed E-state index contributed by atoms with van der Waals surface area (Å²) in [6.07, 6.45) is 0. The number of rotatable bonds is 5. The molecule has 0 bridgehead atoms. The van der Waals surface area contributed by atoms with Crippen molar-refractivity contribution in [1.29, 1.82) is 0 Å². The van der Waals surface area contributed by atoms with E-state index in [-0.39, 0.29) is 11.8 Å². The van der Waals surface area contributed by atoms with E-state index in [1.54, 1.807) is 0 Å². The maximum absolute atomic E-state index is 11.7. The number of aromatic nitrogens is 2. The van der Waals surface area contributed by atoms with Gasteiger partial charge in [0.1, 0.15) is 0 Å². The molecule has 5 nitrogen and oxygen atoms in total. The normalized spacial score (nSPS) is 21.3. The minimum absolute atomic E-state index is 0.0468. The first kappa shape index (κ1) is 16.7. The topological polar surface area (TPSA) is 58.4 Å². The second-order valence-electron chi connectivity index (χ2n) is 6.62. The average molecular weight is 327 g/mol. The van der Waals surface area contributed by atoms with E-state index >= 15 is 0 Å². The van der Waals surface area contributed by atoms with Gasteiger partial charge in [-0.1, -0.05) is 30.3 Å². The van der Waals surface area contributed by atoms with Gasteiger partial charge in [0.25, 0.3) is 0 Å². The zero-order valence-corrected chi connectivity index (χ0v) is 14.6. The molecule has 24 heavy (non-hydrogen) atoms. The number of carbonyl (C=O) groups is 1. The molecule has 1 aromatic carbocycles. The van der Waals surface area contributed by atoms with Crippen molar-refractivity contribution in [3.05, 3.63) is 52.8 Å². The highest BCUT2D eigenvalue weighted by Crippen LogP contribution is 2.34. The maximum atomic E-state index is 11.7. The molecule has 128 valence electrons. The van der Waals surface area contributed by atoms with Crippen LogP contribution in [0.4, 0.5) is 0 Å². The van der Waals surface area contributed by atoms with Gasteiger partial charge in [0.15, 0.2) is 0 Å². The lowest BCUT2D eigenvalue weighted by atomic mass is 9.89. The fraction of sp³-hybridized carbons (Fsp3) is 0.474. The van der Waals surface area contributed by atoms with Gasteiger partial charge in [-0.05, 0) is 26.3 Å². The number of benzene rings is 1. The Hall–Kier alpha value is -2.14. The largest absolute Gasteiger partial charge is 0.481 e. The van der Waals surface area contributed by atoms with Crippen LogP contribution < -0.4 is 0 Å². The molecule has 0 spiro atoms. The number of carboxylic acids is 1. The summed E-state index contributed by atoms with van der Waals surface area (Å²) in [5.41, 5.74) is 4.58. The number of carboxylic acid groups (broad SMARTS) is 1. The summed E-state index contributed by atoms with van der Waals surface area (Å²) >= 11 is 0. The molecule has 1 aliphatic heterocycles. The molecular weight excluding hydrogens is 302 g/mol. The number of nitrogens with zero attached hydrogens (tertiary/aromatic N) is 3. The van der Waals surface area contributed by atoms with Crippen molar-refractivity contribution in [3.8, 4) is 0 Å². The smallest absolute Gasteiger partial charge is 0.308 e. The Labute approximate surface area is 142 Å². The molecule has 2 aromatic rings. The minimum atomic E-state index is -0.705. The average Bonchev–Trinajstić information content (AvgIpc) is 3.12. The highest BCUT2D eigenvalue weighted by Gasteiger charge is 2.38. The fourth-order valence-corrected chi connectivity index (χ4v) is 3.80. The van der Waals surface area contributed by atoms with Gasteiger partial charge >= 0.3 is 5.97 Å². The lowest BCUT2D eigenvalue weighted by Crippen LogP contribution is -2.23. The van der Waals surface area contributed by atoms with Crippen LogP contribution in [0.3, 0.4) is 0 Å². The second kappa shape index (κ2) is 6.77. The molecule has 1 aliphatic rings. The maximum Gasteiger partial charge on any atom is 0.308 e. The van der Waals surface area contributed by atoms with Gasteiger partial charge in [0.2, 0.25) is 0 Å². The standard InChI is InChI=1S/C19H25N3O2/c1-4-22-14(3)16(13(2)20-22)10-21-11-17(18(12-21)19(23)24)15-8-6-5-7-9-15/h5-9,17-18H,4,10-12H2,1-3H3,(H,23,24)/t17-,18+/m0/s1. The third-order valence-electron chi connectivity index (χ3n) is 5.15. The predicted octanol–water partition coefficient (Wildman–Crippen LogP) is 2.82. The van der Waals surface area contributed by atoms with Crippen LogP contribution in [-0.4, -0.2) is 38.8 Å². The number of aliphatic carboxylic acids is 1. The molecule has 2 heterocycles. The molecule has 3 rings (SSSR count). The third kappa shape index (κ3) is 3.08. The molecule has 5 heteroatoms. The summed E-state index contributed by atoms with van der Waals surface area (Å²) in [6, 6.07) is 10.0. The summed E-state index contributed by atoms with van der Waals surface area (Å²) in [7, 11) is 0. The van der Waals surface area contributed by atoms with Crippen LogP contribution in [0, 0.1) is 19.8 Å². The van der Waals surface area contributed by atoms with Crippen molar-refractivity contribution in [1.82, 2.24) is 14.7 Å². The van der Waals surface area contributed by atoms with E-state index < -0.39 is 5.97 Å². The van der Waals surface area contributed by atoms with Gasteiger partial charge in [0, 0.05) is 43.4 Å². The third-order valence-corrected chi connectivity index (χ3v) is 5.15. The lowest BCUT2D eigenvalue weighted by Gasteiger charge is -2.16. The van der Waals surface area contributed by atoms with Crippen molar-refractivity contribution >= 4 is 5.97 Å². The monoisotopic (exact) mass is 327 g/mol. The first-order chi connectivity index (χ1) is 11.5. The Kier molecular flexibility index (Phi) is 4.71. The molecule has 0 aliphatic carbocycles. The van der Waals surface area contributed by atoms with E-state index in [1.807, 2.05) is 41.9 Å². The summed E-state index contributed by atoms with van der Waals surface area (Å²) in [4.78, 5) is 14.0. The number of likely N-dealkylation sites (tertiary alicyclic amines) is 1. The van der Waals surface area contributed by atoms with Crippen LogP contribution in [0.15, 0.2) is 30.3 Å². The number of hydrogen-bond donors (Lipinski definition) is 1. The molecular formula is C19H25N3O2. The SMILES string of the molecule is CCn1nc(C)c(CN2C[C@@H](C(=O)O)[C@H](c3ccccc3)C2)c1C. The zero-order chi connectivity index (χ0) is 17.3. The van der Waals surface area contributed by atoms with Gasteiger partial charge in [-0.3, -0.25) is 14.4 Å². The minimum Gasteiger partial charge on any atom is -0.481 e. The van der Waals surface area contributed by atoms with Gasteiger partial charge in [-0.15, -0.1) is 0 Å². The summed E-state index contributed by atoms with van der Waals surface area (Å²) in [5.74, 6) is -1.01. The Balaban J connectivity index is 1.81. The number of aryl methyl sites for hydroxylation is 2. The Morgan fingerprint density at radius 1 is 1.25 bits per heavy atom. The fourth-order valence-electron chi connectivity index (χ4n) is 3.80. The van der Waals surface area contributed by atoms with Crippen LogP contribution in [0.2, 0.25) is 0 Å². The molecule has 1 N–H and O–H groups in total. The van der Waals surface area contributed by atoms with Crippen molar-refractivity contribution < 1.29 is 9.90 Å². The molecule has 1 fully saturated rings. The molecule has 1 aromatic heterocycles. The summed E-state index contributed by atoms with van der Waals surface area (Å²) in [6.45, 7) is 9.21. The Morgan fingerprint density at radius 2 is 1.96 bits per heavy atom. The van der Waals surface area contributed by atoms with E-state index in [4.69, 9.17) is 0 Å². The summed E-state index contributed by atoms with van der Waals surface area (Å²) in [5, 5.41) is 14.2. The highest BCUT2D eigenvalue weighted by atomic mass is 16.4. The van der Waals surface area contributed by atoms with E-state index in [9.17, 15) is 9.90 Å². The van der Waals surface area contributed by atoms with E-state index in [0.717, 1.165) is 30.9 Å². The van der Waals surface area contributed by atoms with Crippen LogP contribution in [-0.2, 0) is 17.9 Å². The van der Waals surface area contributed by atoms with Crippen LogP contribution in [0.25, 0.3) is 0 Å². The first-order valence-corrected chi connectivity index (χ1v) is 8.54. The van der Waals surface area contributed by atoms with Gasteiger partial charge < -0.3 is 5.11 Å². The molecule has 0 unspecified atom stereocenters. The van der Waals surface area contributed by atoms with Crippen LogP contribution in [0.5, 0.6) is 0 Å². The van der Waals surface area contributed by atoms with Gasteiger partial charge in [-0.25, -0.2) is 0 Å². The number of hydrogen-bond acceptors (Lipinski definition) is 3. The molecule has 1 saturated heterocycles. The van der Waals surface area contributed by atoms with E-state index in [0.29, 0.717) is 6.54 Å². The van der Waals surface area contributed by atoms with Gasteiger partial charge in [0.05, 0.1) is 11.6 Å². The van der Waals surface area contributed by atoms with Crippen molar-refractivity contribution in [2.75, 3.05) is 13.1 Å². The molecule has 0 radical (unpaired) electrons. The predicted molar refractivity (Wildman–Crippen MR) is 93.0 cm³/mol.